The molecular formula is C25H29NO4. The van der Waals surface area contributed by atoms with E-state index in [1.807, 2.05) is 65.0 Å². The fourth-order valence-corrected chi connectivity index (χ4v) is 3.55. The average molecular weight is 408 g/mol. The number of methoxy groups -OCH3 is 1. The van der Waals surface area contributed by atoms with Crippen LogP contribution in [0.3, 0.4) is 0 Å². The largest absolute Gasteiger partial charge is 0.497 e. The van der Waals surface area contributed by atoms with Gasteiger partial charge in [0.15, 0.2) is 0 Å². The van der Waals surface area contributed by atoms with Crippen molar-refractivity contribution in [2.75, 3.05) is 13.7 Å². The number of fused-ring (bicyclic) bond motifs is 1. The van der Waals surface area contributed by atoms with Crippen LogP contribution in [0.2, 0.25) is 0 Å². The molecule has 0 atom stereocenters. The van der Waals surface area contributed by atoms with Crippen molar-refractivity contribution in [3.8, 4) is 22.6 Å². The van der Waals surface area contributed by atoms with Gasteiger partial charge in [0.25, 0.3) is 0 Å². The molecule has 0 bridgehead atoms. The molecule has 2 aromatic carbocycles. The number of amides is 1. The predicted octanol–water partition coefficient (Wildman–Crippen LogP) is 5.74. The minimum absolute atomic E-state index is 0.0747. The molecule has 1 N–H and O–H groups in total. The van der Waals surface area contributed by atoms with Crippen LogP contribution in [0.4, 0.5) is 0 Å². The first kappa shape index (κ1) is 21.5. The molecule has 0 aliphatic rings. The molecule has 3 rings (SSSR count). The minimum atomic E-state index is -0.122. The van der Waals surface area contributed by atoms with Crippen molar-refractivity contribution in [2.45, 2.75) is 40.7 Å². The summed E-state index contributed by atoms with van der Waals surface area (Å²) in [5, 5.41) is 3.87. The molecule has 5 heteroatoms. The smallest absolute Gasteiger partial charge is 0.244 e. The summed E-state index contributed by atoms with van der Waals surface area (Å²) in [6.07, 6.45) is 3.38. The summed E-state index contributed by atoms with van der Waals surface area (Å²) in [6, 6.07) is 9.99. The second kappa shape index (κ2) is 9.08. The van der Waals surface area contributed by atoms with Crippen LogP contribution in [-0.4, -0.2) is 25.7 Å². The molecular weight excluding hydrogens is 378 g/mol. The van der Waals surface area contributed by atoms with E-state index in [0.717, 1.165) is 50.3 Å². The molecule has 3 aromatic rings. The van der Waals surface area contributed by atoms with E-state index < -0.39 is 0 Å². The van der Waals surface area contributed by atoms with Crippen molar-refractivity contribution in [2.24, 2.45) is 0 Å². The van der Waals surface area contributed by atoms with Gasteiger partial charge < -0.3 is 19.2 Å². The highest BCUT2D eigenvalue weighted by Crippen LogP contribution is 2.41. The fourth-order valence-electron chi connectivity index (χ4n) is 3.55. The van der Waals surface area contributed by atoms with Crippen molar-refractivity contribution in [1.82, 2.24) is 5.32 Å². The zero-order valence-electron chi connectivity index (χ0n) is 18.5. The van der Waals surface area contributed by atoms with E-state index in [2.05, 4.69) is 5.32 Å². The van der Waals surface area contributed by atoms with Crippen molar-refractivity contribution in [1.29, 1.82) is 0 Å². The van der Waals surface area contributed by atoms with Crippen LogP contribution in [0.5, 0.6) is 11.5 Å². The van der Waals surface area contributed by atoms with Gasteiger partial charge in [-0.3, -0.25) is 4.79 Å². The van der Waals surface area contributed by atoms with E-state index in [1.54, 1.807) is 19.4 Å². The third-order valence-electron chi connectivity index (χ3n) is 4.92. The maximum atomic E-state index is 12.3. The number of allylic oxidation sites excluding steroid dienone is 1. The lowest BCUT2D eigenvalue weighted by atomic mass is 9.96. The summed E-state index contributed by atoms with van der Waals surface area (Å²) in [7, 11) is 1.65. The maximum absolute atomic E-state index is 12.3. The summed E-state index contributed by atoms with van der Waals surface area (Å²) >= 11 is 0. The first-order valence-electron chi connectivity index (χ1n) is 10.2. The number of benzene rings is 2. The van der Waals surface area contributed by atoms with Crippen LogP contribution < -0.4 is 14.8 Å². The van der Waals surface area contributed by atoms with Crippen molar-refractivity contribution >= 4 is 22.4 Å². The number of hydrogen-bond donors (Lipinski definition) is 1. The Labute approximate surface area is 177 Å². The van der Waals surface area contributed by atoms with Crippen molar-refractivity contribution in [3.63, 3.8) is 0 Å². The van der Waals surface area contributed by atoms with E-state index in [9.17, 15) is 4.79 Å². The highest BCUT2D eigenvalue weighted by molar-refractivity contribution is 6.01. The Balaban J connectivity index is 2.19. The molecule has 0 saturated carbocycles. The molecule has 0 radical (unpaired) electrons. The van der Waals surface area contributed by atoms with Gasteiger partial charge in [0, 0.05) is 34.2 Å². The lowest BCUT2D eigenvalue weighted by molar-refractivity contribution is -0.116. The number of furan rings is 1. The van der Waals surface area contributed by atoms with Gasteiger partial charge in [-0.25, -0.2) is 0 Å². The highest BCUT2D eigenvalue weighted by Gasteiger charge is 2.19. The van der Waals surface area contributed by atoms with E-state index in [-0.39, 0.29) is 11.9 Å². The van der Waals surface area contributed by atoms with Gasteiger partial charge in [-0.2, -0.15) is 0 Å². The number of carbonyl (C=O) groups is 1. The summed E-state index contributed by atoms with van der Waals surface area (Å²) in [4.78, 5) is 12.3. The number of rotatable bonds is 7. The van der Waals surface area contributed by atoms with Crippen LogP contribution >= 0.6 is 0 Å². The molecule has 0 aliphatic carbocycles. The summed E-state index contributed by atoms with van der Waals surface area (Å²) in [5.41, 5.74) is 5.37. The van der Waals surface area contributed by atoms with Gasteiger partial charge in [-0.05, 0) is 64.0 Å². The van der Waals surface area contributed by atoms with Crippen LogP contribution in [0.1, 0.15) is 38.8 Å². The maximum Gasteiger partial charge on any atom is 0.244 e. The van der Waals surface area contributed by atoms with Crippen molar-refractivity contribution < 1.29 is 18.7 Å². The van der Waals surface area contributed by atoms with Crippen LogP contribution in [-0.2, 0) is 4.79 Å². The van der Waals surface area contributed by atoms with Crippen LogP contribution in [0.15, 0.2) is 47.1 Å². The molecule has 30 heavy (non-hydrogen) atoms. The molecule has 0 spiro atoms. The quantitative estimate of drug-likeness (QED) is 0.507. The highest BCUT2D eigenvalue weighted by atomic mass is 16.5. The number of aryl methyl sites for hydroxylation is 1. The minimum Gasteiger partial charge on any atom is -0.497 e. The Morgan fingerprint density at radius 1 is 1.27 bits per heavy atom. The van der Waals surface area contributed by atoms with Gasteiger partial charge in [0.1, 0.15) is 17.1 Å². The van der Waals surface area contributed by atoms with Gasteiger partial charge in [-0.1, -0.05) is 12.1 Å². The third kappa shape index (κ3) is 4.35. The van der Waals surface area contributed by atoms with Crippen molar-refractivity contribution in [3.05, 3.63) is 53.8 Å². The Bertz CT molecular complexity index is 1090. The SMILES string of the molecule is CCOc1c(/C(C)=C/C(=O)NC(C)C)cc2c(-c3cccc(OC)c3)coc2c1C. The average Bonchev–Trinajstić information content (AvgIpc) is 3.13. The van der Waals surface area contributed by atoms with Gasteiger partial charge in [-0.15, -0.1) is 0 Å². The molecule has 0 aliphatic heterocycles. The van der Waals surface area contributed by atoms with E-state index in [0.29, 0.717) is 6.61 Å². The zero-order chi connectivity index (χ0) is 21.8. The first-order chi connectivity index (χ1) is 14.3. The summed E-state index contributed by atoms with van der Waals surface area (Å²) < 4.78 is 17.3. The third-order valence-corrected chi connectivity index (χ3v) is 4.92. The molecule has 0 fully saturated rings. The fraction of sp³-hybridized carbons (Fsp3) is 0.320. The number of ether oxygens (including phenoxy) is 2. The molecule has 0 saturated heterocycles. The molecule has 158 valence electrons. The Kier molecular flexibility index (Phi) is 6.50. The van der Waals surface area contributed by atoms with Crippen LogP contribution in [0.25, 0.3) is 27.7 Å². The second-order valence-corrected chi connectivity index (χ2v) is 7.56. The molecule has 1 heterocycles. The Morgan fingerprint density at radius 2 is 2.03 bits per heavy atom. The van der Waals surface area contributed by atoms with Crippen LogP contribution in [0, 0.1) is 6.92 Å². The molecule has 1 aromatic heterocycles. The topological polar surface area (TPSA) is 60.7 Å². The van der Waals surface area contributed by atoms with E-state index >= 15 is 0 Å². The zero-order valence-corrected chi connectivity index (χ0v) is 18.5. The monoisotopic (exact) mass is 407 g/mol. The van der Waals surface area contributed by atoms with Gasteiger partial charge in [0.05, 0.1) is 20.0 Å². The number of nitrogens with one attached hydrogen (secondary N) is 1. The lowest BCUT2D eigenvalue weighted by Gasteiger charge is -2.15. The Morgan fingerprint density at radius 3 is 2.70 bits per heavy atom. The normalized spacial score (nSPS) is 11.8. The van der Waals surface area contributed by atoms with Gasteiger partial charge in [0.2, 0.25) is 5.91 Å². The predicted molar refractivity (Wildman–Crippen MR) is 121 cm³/mol. The first-order valence-corrected chi connectivity index (χ1v) is 10.2. The molecule has 0 unspecified atom stereocenters. The Hall–Kier alpha value is -3.21. The number of hydrogen-bond acceptors (Lipinski definition) is 4. The van der Waals surface area contributed by atoms with E-state index in [1.165, 1.54) is 0 Å². The number of carbonyl (C=O) groups excluding carboxylic acids is 1. The van der Waals surface area contributed by atoms with Gasteiger partial charge >= 0.3 is 0 Å². The molecule has 5 nitrogen and oxygen atoms in total. The standard InChI is InChI=1S/C25H29NO4/c1-7-29-24-17(5)25-21(13-20(24)16(4)11-23(27)26-15(2)3)22(14-30-25)18-9-8-10-19(12-18)28-6/h8-15H,7H2,1-6H3,(H,26,27)/b16-11+. The second-order valence-electron chi connectivity index (χ2n) is 7.56. The molecule has 1 amide bonds. The van der Waals surface area contributed by atoms with E-state index in [4.69, 9.17) is 13.9 Å². The summed E-state index contributed by atoms with van der Waals surface area (Å²) in [5.74, 6) is 1.40. The lowest BCUT2D eigenvalue weighted by Crippen LogP contribution is -2.28. The summed E-state index contributed by atoms with van der Waals surface area (Å²) in [6.45, 7) is 10.3.